The van der Waals surface area contributed by atoms with E-state index >= 15 is 0 Å². The maximum Gasteiger partial charge on any atom is 0.417 e. The Morgan fingerprint density at radius 1 is 0.547 bits per heavy atom. The van der Waals surface area contributed by atoms with Crippen molar-refractivity contribution >= 4 is 39.9 Å². The Morgan fingerprint density at radius 3 is 1.83 bits per heavy atom. The van der Waals surface area contributed by atoms with E-state index in [1.165, 1.54) is 22.0 Å². The van der Waals surface area contributed by atoms with Gasteiger partial charge in [0.25, 0.3) is 0 Å². The highest BCUT2D eigenvalue weighted by molar-refractivity contribution is 6.77. The molecule has 0 aliphatic carbocycles. The number of fused-ring (bicyclic) bond motifs is 6. The van der Waals surface area contributed by atoms with Crippen molar-refractivity contribution in [3.8, 4) is 62.2 Å². The average molecular weight is 830 g/mol. The molecule has 64 heavy (non-hydrogen) atoms. The number of hydrogen-bond acceptors (Lipinski definition) is 4. The minimum atomic E-state index is -0.147. The van der Waals surface area contributed by atoms with Crippen LogP contribution in [0.25, 0.3) is 72.5 Å². The van der Waals surface area contributed by atoms with Gasteiger partial charge in [0.05, 0.1) is 16.7 Å². The fourth-order valence-corrected chi connectivity index (χ4v) is 9.95. The number of rotatable bonds is 9. The second kappa shape index (κ2) is 15.9. The predicted molar refractivity (Wildman–Crippen MR) is 266 cm³/mol. The number of anilines is 1. The molecule has 0 saturated carbocycles. The van der Waals surface area contributed by atoms with Crippen LogP contribution in [0.2, 0.25) is 0 Å². The fourth-order valence-electron chi connectivity index (χ4n) is 9.95. The summed E-state index contributed by atoms with van der Waals surface area (Å²) in [6.45, 7) is 9.07. The van der Waals surface area contributed by atoms with Crippen LogP contribution in [0, 0.1) is 0 Å². The van der Waals surface area contributed by atoms with Crippen LogP contribution in [0.3, 0.4) is 0 Å². The molecule has 0 spiro atoms. The number of nitrogens with zero attached hydrogens (tertiary/aromatic N) is 5. The summed E-state index contributed by atoms with van der Waals surface area (Å²) in [5, 5.41) is 2.32. The topological polar surface area (TPSA) is 48.1 Å². The second-order valence-corrected chi connectivity index (χ2v) is 17.5. The molecule has 7 aromatic carbocycles. The number of aromatic nitrogens is 4. The molecule has 310 valence electrons. The Labute approximate surface area is 375 Å². The van der Waals surface area contributed by atoms with Crippen molar-refractivity contribution in [3.63, 3.8) is 0 Å². The standard InChI is InChI=1S/C57H48BN5O/c1-37(2)43-23-16-24-44(38(3)4)56(43)58-61(5)51-32-30-41(64-42-29-31-48-47-22-12-13-27-52(47)63(53(48)35-42)54-28-14-15-33-59-54)34-49(51)57-60-50(36-62(57)58)55-45(39-18-8-6-9-19-39)25-17-26-46(55)40-20-10-7-11-21-40/h6-38H,1-5H3. The first kappa shape index (κ1) is 39.2. The molecule has 1 aliphatic rings. The van der Waals surface area contributed by atoms with Crippen LogP contribution < -0.4 is 15.0 Å². The number of benzene rings is 7. The molecule has 0 fully saturated rings. The lowest BCUT2D eigenvalue weighted by molar-refractivity contribution is 0.483. The summed E-state index contributed by atoms with van der Waals surface area (Å²) in [6, 6.07) is 62.2. The SMILES string of the molecule is CC(C)c1cccc(C(C)C)c1B1N(C)c2ccc(Oc3ccc4c5ccccc5n(-c5ccccn5)c4c3)cc2-c2nc(-c3c(-c4ccccc4)cccc3-c3ccccc3)cn21. The van der Waals surface area contributed by atoms with E-state index in [0.29, 0.717) is 11.8 Å². The molecule has 1 aliphatic heterocycles. The average Bonchev–Trinajstić information content (AvgIpc) is 3.92. The summed E-state index contributed by atoms with van der Waals surface area (Å²) in [5.74, 6) is 3.89. The molecule has 7 heteroatoms. The number of ether oxygens (including phenoxy) is 1. The molecule has 4 heterocycles. The summed E-state index contributed by atoms with van der Waals surface area (Å²) in [6.07, 6.45) is 4.14. The van der Waals surface area contributed by atoms with Crippen LogP contribution in [0.5, 0.6) is 11.5 Å². The molecule has 0 unspecified atom stereocenters. The largest absolute Gasteiger partial charge is 0.457 e. The molecular formula is C57H48BN5O. The van der Waals surface area contributed by atoms with Gasteiger partial charge in [-0.3, -0.25) is 4.57 Å². The highest BCUT2D eigenvalue weighted by Crippen LogP contribution is 2.45. The van der Waals surface area contributed by atoms with Crippen LogP contribution in [0.1, 0.15) is 50.7 Å². The Morgan fingerprint density at radius 2 is 1.16 bits per heavy atom. The van der Waals surface area contributed by atoms with Crippen molar-refractivity contribution in [2.45, 2.75) is 39.5 Å². The molecule has 0 amide bonds. The fraction of sp³-hybridized carbons (Fsp3) is 0.123. The third kappa shape index (κ3) is 6.58. The molecule has 0 saturated heterocycles. The van der Waals surface area contributed by atoms with Gasteiger partial charge in [-0.15, -0.1) is 0 Å². The van der Waals surface area contributed by atoms with Gasteiger partial charge in [0.2, 0.25) is 0 Å². The van der Waals surface area contributed by atoms with Crippen molar-refractivity contribution in [1.82, 2.24) is 19.0 Å². The zero-order valence-electron chi connectivity index (χ0n) is 36.8. The Hall–Kier alpha value is -7.64. The summed E-state index contributed by atoms with van der Waals surface area (Å²) < 4.78 is 11.5. The first-order valence-corrected chi connectivity index (χ1v) is 22.3. The first-order chi connectivity index (χ1) is 31.3. The van der Waals surface area contributed by atoms with Crippen molar-refractivity contribution in [1.29, 1.82) is 0 Å². The van der Waals surface area contributed by atoms with Gasteiger partial charge in [0, 0.05) is 46.0 Å². The summed E-state index contributed by atoms with van der Waals surface area (Å²) in [5.41, 5.74) is 14.9. The van der Waals surface area contributed by atoms with Crippen LogP contribution in [-0.4, -0.2) is 33.0 Å². The van der Waals surface area contributed by atoms with Gasteiger partial charge in [-0.2, -0.15) is 0 Å². The summed E-state index contributed by atoms with van der Waals surface area (Å²) >= 11 is 0. The zero-order valence-corrected chi connectivity index (χ0v) is 36.8. The lowest BCUT2D eigenvalue weighted by Gasteiger charge is -2.37. The van der Waals surface area contributed by atoms with E-state index in [-0.39, 0.29) is 6.98 Å². The lowest BCUT2D eigenvalue weighted by atomic mass is 9.58. The van der Waals surface area contributed by atoms with E-state index < -0.39 is 0 Å². The maximum absolute atomic E-state index is 6.86. The molecule has 6 nitrogen and oxygen atoms in total. The van der Waals surface area contributed by atoms with Crippen LogP contribution in [-0.2, 0) is 0 Å². The van der Waals surface area contributed by atoms with Gasteiger partial charge >= 0.3 is 6.98 Å². The number of pyridine rings is 1. The molecule has 0 bridgehead atoms. The van der Waals surface area contributed by atoms with E-state index in [9.17, 15) is 0 Å². The quantitative estimate of drug-likeness (QED) is 0.136. The van der Waals surface area contributed by atoms with E-state index in [4.69, 9.17) is 14.7 Å². The van der Waals surface area contributed by atoms with E-state index in [1.807, 2.05) is 24.4 Å². The molecular weight excluding hydrogens is 781 g/mol. The second-order valence-electron chi connectivity index (χ2n) is 17.5. The normalized spacial score (nSPS) is 12.4. The molecule has 3 aromatic heterocycles. The zero-order chi connectivity index (χ0) is 43.5. The summed E-state index contributed by atoms with van der Waals surface area (Å²) in [4.78, 5) is 12.9. The van der Waals surface area contributed by atoms with Gasteiger partial charge in [-0.25, -0.2) is 9.97 Å². The number of para-hydroxylation sites is 1. The summed E-state index contributed by atoms with van der Waals surface area (Å²) in [7, 11) is 2.23. The third-order valence-corrected chi connectivity index (χ3v) is 12.9. The van der Waals surface area contributed by atoms with E-state index in [0.717, 1.165) is 84.3 Å². The highest BCUT2D eigenvalue weighted by Gasteiger charge is 2.40. The van der Waals surface area contributed by atoms with Crippen molar-refractivity contribution in [2.24, 2.45) is 0 Å². The van der Waals surface area contributed by atoms with Gasteiger partial charge in [0.1, 0.15) is 23.1 Å². The van der Waals surface area contributed by atoms with Gasteiger partial charge < -0.3 is 14.0 Å². The number of hydrogen-bond donors (Lipinski definition) is 0. The number of imidazole rings is 1. The van der Waals surface area contributed by atoms with Gasteiger partial charge in [-0.05, 0) is 106 Å². The van der Waals surface area contributed by atoms with Crippen LogP contribution in [0.4, 0.5) is 5.69 Å². The van der Waals surface area contributed by atoms with Gasteiger partial charge in [-0.1, -0.05) is 149 Å². The van der Waals surface area contributed by atoms with E-state index in [2.05, 4.69) is 213 Å². The minimum Gasteiger partial charge on any atom is -0.457 e. The first-order valence-electron chi connectivity index (χ1n) is 22.3. The Kier molecular flexibility index (Phi) is 9.76. The molecule has 0 atom stereocenters. The Balaban J connectivity index is 1.11. The Bertz CT molecular complexity index is 3250. The van der Waals surface area contributed by atoms with Crippen molar-refractivity contribution in [3.05, 3.63) is 199 Å². The molecule has 0 N–H and O–H groups in total. The molecule has 10 aromatic rings. The lowest BCUT2D eigenvalue weighted by Crippen LogP contribution is -2.56. The van der Waals surface area contributed by atoms with Crippen molar-refractivity contribution < 1.29 is 4.74 Å². The van der Waals surface area contributed by atoms with Gasteiger partial charge in [0.15, 0.2) is 0 Å². The third-order valence-electron chi connectivity index (χ3n) is 12.9. The highest BCUT2D eigenvalue weighted by atomic mass is 16.5. The maximum atomic E-state index is 6.86. The van der Waals surface area contributed by atoms with E-state index in [1.54, 1.807) is 0 Å². The van der Waals surface area contributed by atoms with Crippen molar-refractivity contribution in [2.75, 3.05) is 11.9 Å². The monoisotopic (exact) mass is 829 g/mol. The predicted octanol–water partition coefficient (Wildman–Crippen LogP) is 13.8. The van der Waals surface area contributed by atoms with Crippen LogP contribution in [0.15, 0.2) is 188 Å². The van der Waals surface area contributed by atoms with Crippen LogP contribution >= 0.6 is 0 Å². The smallest absolute Gasteiger partial charge is 0.417 e. The molecule has 11 rings (SSSR count). The molecule has 0 radical (unpaired) electrons. The minimum absolute atomic E-state index is 0.147.